The van der Waals surface area contributed by atoms with Gasteiger partial charge in [0.2, 0.25) is 0 Å². The first-order chi connectivity index (χ1) is 20.6. The summed E-state index contributed by atoms with van der Waals surface area (Å²) in [6.07, 6.45) is 3.39. The molecule has 220 valence electrons. The van der Waals surface area contributed by atoms with Crippen LogP contribution in [-0.2, 0) is 26.7 Å². The van der Waals surface area contributed by atoms with E-state index in [9.17, 15) is 9.59 Å². The van der Waals surface area contributed by atoms with E-state index in [2.05, 4.69) is 55.0 Å². The molecule has 0 fully saturated rings. The highest BCUT2D eigenvalue weighted by molar-refractivity contribution is 5.90. The molecule has 8 nitrogen and oxygen atoms in total. The van der Waals surface area contributed by atoms with Crippen molar-refractivity contribution in [2.24, 2.45) is 13.0 Å². The maximum atomic E-state index is 13.5. The van der Waals surface area contributed by atoms with Crippen molar-refractivity contribution in [1.82, 2.24) is 29.2 Å². The fourth-order valence-corrected chi connectivity index (χ4v) is 5.61. The molecule has 0 bridgehead atoms. The van der Waals surface area contributed by atoms with Crippen molar-refractivity contribution in [3.63, 3.8) is 0 Å². The second kappa shape index (κ2) is 12.6. The van der Waals surface area contributed by atoms with Crippen LogP contribution in [0.15, 0.2) is 70.5 Å². The quantitative estimate of drug-likeness (QED) is 0.214. The molecule has 3 aromatic heterocycles. The summed E-state index contributed by atoms with van der Waals surface area (Å²) in [7, 11) is 1.52. The molecule has 8 heteroatoms. The SMILES string of the molecule is Cc1cc(C)c(CNCC#Cc2cccc(Cn3nc4c(c3-c3ccncc3)c(=O)n(C)c(=O)n4CC(C)C)c2)c(C)c1. The van der Waals surface area contributed by atoms with Crippen LogP contribution in [-0.4, -0.2) is 30.4 Å². The van der Waals surface area contributed by atoms with Crippen LogP contribution < -0.4 is 16.6 Å². The van der Waals surface area contributed by atoms with Gasteiger partial charge in [-0.25, -0.2) is 4.79 Å². The molecule has 1 N–H and O–H groups in total. The van der Waals surface area contributed by atoms with Crippen molar-refractivity contribution in [2.45, 2.75) is 54.3 Å². The minimum Gasteiger partial charge on any atom is -0.302 e. The number of hydrogen-bond donors (Lipinski definition) is 1. The first-order valence-corrected chi connectivity index (χ1v) is 14.6. The number of aryl methyl sites for hydroxylation is 3. The van der Waals surface area contributed by atoms with E-state index in [1.165, 1.54) is 33.9 Å². The molecule has 0 atom stereocenters. The number of benzene rings is 2. The first-order valence-electron chi connectivity index (χ1n) is 14.6. The Morgan fingerprint density at radius 2 is 1.70 bits per heavy atom. The summed E-state index contributed by atoms with van der Waals surface area (Å²) >= 11 is 0. The molecule has 5 rings (SSSR count). The zero-order valence-electron chi connectivity index (χ0n) is 25.7. The maximum absolute atomic E-state index is 13.5. The van der Waals surface area contributed by atoms with Gasteiger partial charge in [0.25, 0.3) is 5.56 Å². The fraction of sp³-hybridized carbons (Fsp3) is 0.314. The van der Waals surface area contributed by atoms with Gasteiger partial charge in [-0.05, 0) is 73.2 Å². The topological polar surface area (TPSA) is 86.7 Å². The number of fused-ring (bicyclic) bond motifs is 1. The third-order valence-electron chi connectivity index (χ3n) is 7.58. The summed E-state index contributed by atoms with van der Waals surface area (Å²) in [5.41, 5.74) is 8.22. The number of nitrogens with zero attached hydrogens (tertiary/aromatic N) is 5. The molecule has 0 amide bonds. The molecule has 0 spiro atoms. The molecule has 0 saturated carbocycles. The highest BCUT2D eigenvalue weighted by Crippen LogP contribution is 2.27. The first kappa shape index (κ1) is 29.7. The number of rotatable bonds is 8. The van der Waals surface area contributed by atoms with Crippen LogP contribution in [0.1, 0.15) is 47.2 Å². The minimum absolute atomic E-state index is 0.197. The van der Waals surface area contributed by atoms with Gasteiger partial charge in [0, 0.05) is 43.7 Å². The van der Waals surface area contributed by atoms with E-state index in [1.54, 1.807) is 17.0 Å². The largest absolute Gasteiger partial charge is 0.332 e. The molecule has 0 aliphatic heterocycles. The van der Waals surface area contributed by atoms with Crippen LogP contribution in [0, 0.1) is 38.5 Å². The van der Waals surface area contributed by atoms with E-state index in [0.29, 0.717) is 36.4 Å². The van der Waals surface area contributed by atoms with E-state index in [4.69, 9.17) is 5.10 Å². The fourth-order valence-electron chi connectivity index (χ4n) is 5.61. The highest BCUT2D eigenvalue weighted by Gasteiger charge is 2.22. The van der Waals surface area contributed by atoms with Crippen molar-refractivity contribution in [3.8, 4) is 23.1 Å². The van der Waals surface area contributed by atoms with E-state index < -0.39 is 0 Å². The zero-order chi connectivity index (χ0) is 30.7. The van der Waals surface area contributed by atoms with Gasteiger partial charge < -0.3 is 5.32 Å². The van der Waals surface area contributed by atoms with Gasteiger partial charge in [-0.3, -0.25) is 23.6 Å². The second-order valence-corrected chi connectivity index (χ2v) is 11.6. The lowest BCUT2D eigenvalue weighted by Gasteiger charge is -2.11. The van der Waals surface area contributed by atoms with Crippen molar-refractivity contribution >= 4 is 11.0 Å². The van der Waals surface area contributed by atoms with Crippen molar-refractivity contribution in [2.75, 3.05) is 6.54 Å². The van der Waals surface area contributed by atoms with Crippen LogP contribution in [0.25, 0.3) is 22.3 Å². The molecule has 43 heavy (non-hydrogen) atoms. The third kappa shape index (κ3) is 6.37. The molecule has 0 aliphatic rings. The van der Waals surface area contributed by atoms with Gasteiger partial charge in [-0.2, -0.15) is 5.10 Å². The summed E-state index contributed by atoms with van der Waals surface area (Å²) in [5.74, 6) is 6.72. The van der Waals surface area contributed by atoms with Crippen molar-refractivity contribution in [3.05, 3.63) is 115 Å². The molecule has 2 aromatic carbocycles. The molecule has 0 aliphatic carbocycles. The van der Waals surface area contributed by atoms with E-state index >= 15 is 0 Å². The summed E-state index contributed by atoms with van der Waals surface area (Å²) in [4.78, 5) is 30.7. The monoisotopic (exact) mass is 574 g/mol. The zero-order valence-corrected chi connectivity index (χ0v) is 25.7. The lowest BCUT2D eigenvalue weighted by Crippen LogP contribution is -2.38. The Kier molecular flexibility index (Phi) is 8.74. The standard InChI is InChI=1S/C35H38N6O2/c1-23(2)21-40-33-31(34(42)39(6)35(40)43)32(29-12-15-36-16-13-29)41(38-33)22-28-10-7-9-27(19-28)11-8-14-37-20-30-25(4)17-24(3)18-26(30)5/h7,9-10,12-13,15-19,23,37H,14,20-22H2,1-6H3. The Bertz CT molecular complexity index is 1950. The van der Waals surface area contributed by atoms with Gasteiger partial charge in [0.15, 0.2) is 5.65 Å². The normalized spacial score (nSPS) is 11.2. The predicted molar refractivity (Wildman–Crippen MR) is 172 cm³/mol. The Labute approximate surface area is 252 Å². The van der Waals surface area contributed by atoms with Crippen LogP contribution in [0.4, 0.5) is 0 Å². The lowest BCUT2D eigenvalue weighted by molar-refractivity contribution is 0.498. The average molecular weight is 575 g/mol. The molecular weight excluding hydrogens is 536 g/mol. The smallest absolute Gasteiger partial charge is 0.302 e. The predicted octanol–water partition coefficient (Wildman–Crippen LogP) is 4.73. The van der Waals surface area contributed by atoms with Crippen LogP contribution >= 0.6 is 0 Å². The summed E-state index contributed by atoms with van der Waals surface area (Å²) in [6, 6.07) is 16.2. The van der Waals surface area contributed by atoms with Crippen LogP contribution in [0.2, 0.25) is 0 Å². The minimum atomic E-state index is -0.365. The van der Waals surface area contributed by atoms with Gasteiger partial charge in [0.1, 0.15) is 5.39 Å². The summed E-state index contributed by atoms with van der Waals surface area (Å²) < 4.78 is 4.60. The Hall–Kier alpha value is -4.74. The third-order valence-corrected chi connectivity index (χ3v) is 7.58. The average Bonchev–Trinajstić information content (AvgIpc) is 3.34. The number of hydrogen-bond acceptors (Lipinski definition) is 5. The van der Waals surface area contributed by atoms with Crippen molar-refractivity contribution in [1.29, 1.82) is 0 Å². The second-order valence-electron chi connectivity index (χ2n) is 11.6. The maximum Gasteiger partial charge on any atom is 0.332 e. The van der Waals surface area contributed by atoms with E-state index in [1.807, 2.05) is 54.9 Å². The molecule has 0 saturated heterocycles. The number of aromatic nitrogens is 5. The number of pyridine rings is 1. The van der Waals surface area contributed by atoms with E-state index in [-0.39, 0.29) is 17.2 Å². The summed E-state index contributed by atoms with van der Waals surface area (Å²) in [5, 5.41) is 8.74. The van der Waals surface area contributed by atoms with Crippen LogP contribution in [0.3, 0.4) is 0 Å². The van der Waals surface area contributed by atoms with E-state index in [0.717, 1.165) is 23.2 Å². The number of nitrogens with one attached hydrogen (secondary N) is 1. The Morgan fingerprint density at radius 1 is 0.977 bits per heavy atom. The molecule has 5 aromatic rings. The van der Waals surface area contributed by atoms with Crippen LogP contribution in [0.5, 0.6) is 0 Å². The molecule has 3 heterocycles. The van der Waals surface area contributed by atoms with Crippen molar-refractivity contribution < 1.29 is 0 Å². The van der Waals surface area contributed by atoms with Gasteiger partial charge in [0.05, 0.1) is 18.8 Å². The Morgan fingerprint density at radius 3 is 2.40 bits per heavy atom. The van der Waals surface area contributed by atoms with Gasteiger partial charge >= 0.3 is 5.69 Å². The molecule has 0 unspecified atom stereocenters. The summed E-state index contributed by atoms with van der Waals surface area (Å²) in [6.45, 7) is 12.7. The molecular formula is C35H38N6O2. The highest BCUT2D eigenvalue weighted by atomic mass is 16.2. The Balaban J connectivity index is 1.45. The van der Waals surface area contributed by atoms with Gasteiger partial charge in [-0.15, -0.1) is 0 Å². The molecule has 0 radical (unpaired) electrons. The van der Waals surface area contributed by atoms with Gasteiger partial charge in [-0.1, -0.05) is 55.5 Å². The lowest BCUT2D eigenvalue weighted by atomic mass is 10.00.